The van der Waals surface area contributed by atoms with Gasteiger partial charge in [-0.3, -0.25) is 4.79 Å². The van der Waals surface area contributed by atoms with Gasteiger partial charge in [-0.1, -0.05) is 0 Å². The highest BCUT2D eigenvalue weighted by Gasteiger charge is 2.50. The Morgan fingerprint density at radius 2 is 1.78 bits per heavy atom. The second-order valence-corrected chi connectivity index (χ2v) is 8.64. The van der Waals surface area contributed by atoms with Crippen molar-refractivity contribution in [3.8, 4) is 0 Å². The van der Waals surface area contributed by atoms with E-state index in [1.807, 2.05) is 6.92 Å². The zero-order chi connectivity index (χ0) is 20.1. The summed E-state index contributed by atoms with van der Waals surface area (Å²) >= 11 is 0. The molecule has 0 aromatic heterocycles. The van der Waals surface area contributed by atoms with Crippen LogP contribution >= 0.6 is 0 Å². The average molecular weight is 413 g/mol. The molecule has 2 rings (SSSR count). The number of sulfonamides is 1. The van der Waals surface area contributed by atoms with Crippen LogP contribution in [0.25, 0.3) is 0 Å². The number of nitrogens with one attached hydrogen (secondary N) is 3. The first kappa shape index (κ1) is 21.7. The topological polar surface area (TPSA) is 103 Å². The highest BCUT2D eigenvalue weighted by atomic mass is 32.2. The second-order valence-electron chi connectivity index (χ2n) is 6.71. The zero-order valence-electron chi connectivity index (χ0n) is 15.2. The molecule has 1 saturated heterocycles. The van der Waals surface area contributed by atoms with E-state index in [0.717, 1.165) is 12.8 Å². The van der Waals surface area contributed by atoms with Crippen LogP contribution in [0.5, 0.6) is 0 Å². The van der Waals surface area contributed by atoms with Crippen LogP contribution in [0, 0.1) is 5.92 Å². The fourth-order valence-electron chi connectivity index (χ4n) is 2.73. The Morgan fingerprint density at radius 3 is 2.30 bits per heavy atom. The van der Waals surface area contributed by atoms with E-state index < -0.39 is 15.5 Å². The summed E-state index contributed by atoms with van der Waals surface area (Å²) in [6.07, 6.45) is 2.64. The smallest absolute Gasteiger partial charge is 0.357 e. The molecule has 156 valence electrons. The molecule has 1 aliphatic carbocycles. The van der Waals surface area contributed by atoms with Gasteiger partial charge in [0.25, 0.3) is 0 Å². The van der Waals surface area contributed by atoms with E-state index in [0.29, 0.717) is 36.2 Å². The van der Waals surface area contributed by atoms with Crippen molar-refractivity contribution in [2.75, 3.05) is 32.7 Å². The molecule has 2 aliphatic rings. The number of hydrogen-bond acceptors (Lipinski definition) is 4. The Hall–Kier alpha value is -1.56. The molecular weight excluding hydrogens is 387 g/mol. The molecule has 1 aliphatic heterocycles. The number of carbonyl (C=O) groups is 1. The SMILES string of the molecule is CCNC(=NCC(=O)NC1CC1)NCC1CCN(S(=O)(=O)C(F)(F)F)CC1. The summed E-state index contributed by atoms with van der Waals surface area (Å²) in [7, 11) is -5.25. The molecule has 1 heterocycles. The van der Waals surface area contributed by atoms with Gasteiger partial charge in [-0.25, -0.2) is 13.4 Å². The van der Waals surface area contributed by atoms with Gasteiger partial charge in [0, 0.05) is 32.2 Å². The number of amides is 1. The van der Waals surface area contributed by atoms with Gasteiger partial charge in [-0.2, -0.15) is 17.5 Å². The van der Waals surface area contributed by atoms with Crippen molar-refractivity contribution < 1.29 is 26.4 Å². The molecule has 0 bridgehead atoms. The molecular formula is C15H26F3N5O3S. The van der Waals surface area contributed by atoms with Crippen LogP contribution in [0.2, 0.25) is 0 Å². The number of rotatable bonds is 7. The first-order valence-corrected chi connectivity index (χ1v) is 10.5. The van der Waals surface area contributed by atoms with Crippen LogP contribution in [0.15, 0.2) is 4.99 Å². The Balaban J connectivity index is 1.78. The number of guanidine groups is 1. The molecule has 0 aromatic carbocycles. The molecule has 0 unspecified atom stereocenters. The van der Waals surface area contributed by atoms with Gasteiger partial charge in [0.1, 0.15) is 6.54 Å². The highest BCUT2D eigenvalue weighted by Crippen LogP contribution is 2.30. The van der Waals surface area contributed by atoms with Gasteiger partial charge in [0.15, 0.2) is 5.96 Å². The summed E-state index contributed by atoms with van der Waals surface area (Å²) in [5, 5.41) is 8.90. The van der Waals surface area contributed by atoms with Gasteiger partial charge in [-0.15, -0.1) is 0 Å². The van der Waals surface area contributed by atoms with Crippen LogP contribution in [0.1, 0.15) is 32.6 Å². The molecule has 0 atom stereocenters. The third-order valence-corrected chi connectivity index (χ3v) is 6.06. The number of aliphatic imine (C=N–C) groups is 1. The summed E-state index contributed by atoms with van der Waals surface area (Å²) in [6.45, 7) is 2.59. The Morgan fingerprint density at radius 1 is 1.15 bits per heavy atom. The molecule has 0 spiro atoms. The van der Waals surface area contributed by atoms with Gasteiger partial charge in [0.05, 0.1) is 0 Å². The Kier molecular flexibility index (Phi) is 7.32. The first-order chi connectivity index (χ1) is 12.6. The van der Waals surface area contributed by atoms with Crippen molar-refractivity contribution in [3.63, 3.8) is 0 Å². The molecule has 12 heteroatoms. The predicted molar refractivity (Wildman–Crippen MR) is 94.4 cm³/mol. The fraction of sp³-hybridized carbons (Fsp3) is 0.867. The van der Waals surface area contributed by atoms with E-state index in [4.69, 9.17) is 0 Å². The minimum absolute atomic E-state index is 0.00585. The largest absolute Gasteiger partial charge is 0.511 e. The quantitative estimate of drug-likeness (QED) is 0.414. The minimum Gasteiger partial charge on any atom is -0.357 e. The van der Waals surface area contributed by atoms with Gasteiger partial charge in [-0.05, 0) is 38.5 Å². The molecule has 8 nitrogen and oxygen atoms in total. The zero-order valence-corrected chi connectivity index (χ0v) is 16.0. The van der Waals surface area contributed by atoms with Crippen LogP contribution in [0.3, 0.4) is 0 Å². The maximum absolute atomic E-state index is 12.6. The summed E-state index contributed by atoms with van der Waals surface area (Å²) < 4.78 is 61.1. The predicted octanol–water partition coefficient (Wildman–Crippen LogP) is 0.382. The van der Waals surface area contributed by atoms with Crippen LogP contribution < -0.4 is 16.0 Å². The lowest BCUT2D eigenvalue weighted by Gasteiger charge is -2.31. The maximum atomic E-state index is 12.6. The molecule has 2 fully saturated rings. The Bertz CT molecular complexity index is 642. The normalized spacial score (nSPS) is 20.4. The standard InChI is InChI=1S/C15H26F3N5O3S/c1-2-19-14(21-10-13(24)22-12-3-4-12)20-9-11-5-7-23(8-6-11)27(25,26)15(16,17)18/h11-12H,2-10H2,1H3,(H,22,24)(H2,19,20,21). The summed E-state index contributed by atoms with van der Waals surface area (Å²) in [6, 6.07) is 0.265. The molecule has 1 saturated carbocycles. The molecule has 27 heavy (non-hydrogen) atoms. The molecule has 3 N–H and O–H groups in total. The van der Waals surface area contributed by atoms with E-state index in [2.05, 4.69) is 20.9 Å². The van der Waals surface area contributed by atoms with Crippen molar-refractivity contribution >= 4 is 21.9 Å². The third-order valence-electron chi connectivity index (χ3n) is 4.43. The van der Waals surface area contributed by atoms with Crippen molar-refractivity contribution in [2.45, 2.75) is 44.2 Å². The van der Waals surface area contributed by atoms with Gasteiger partial charge >= 0.3 is 15.5 Å². The van der Waals surface area contributed by atoms with Crippen molar-refractivity contribution in [1.29, 1.82) is 0 Å². The maximum Gasteiger partial charge on any atom is 0.511 e. The lowest BCUT2D eigenvalue weighted by atomic mass is 9.98. The lowest BCUT2D eigenvalue weighted by molar-refractivity contribution is -0.119. The van der Waals surface area contributed by atoms with Crippen molar-refractivity contribution in [1.82, 2.24) is 20.3 Å². The molecule has 0 aromatic rings. The van der Waals surface area contributed by atoms with Crippen LogP contribution in [-0.4, -0.2) is 68.9 Å². The van der Waals surface area contributed by atoms with Gasteiger partial charge < -0.3 is 16.0 Å². The average Bonchev–Trinajstić information content (AvgIpc) is 3.40. The number of alkyl halides is 3. The first-order valence-electron chi connectivity index (χ1n) is 9.01. The minimum atomic E-state index is -5.26. The van der Waals surface area contributed by atoms with Gasteiger partial charge in [0.2, 0.25) is 5.91 Å². The number of piperidine rings is 1. The third kappa shape index (κ3) is 6.52. The molecule has 1 amide bonds. The fourth-order valence-corrected chi connectivity index (χ4v) is 3.72. The number of nitrogens with zero attached hydrogens (tertiary/aromatic N) is 2. The van der Waals surface area contributed by atoms with Crippen molar-refractivity contribution in [3.05, 3.63) is 0 Å². The highest BCUT2D eigenvalue weighted by molar-refractivity contribution is 7.90. The Labute approximate surface area is 157 Å². The van der Waals surface area contributed by atoms with E-state index in [1.165, 1.54) is 0 Å². The lowest BCUT2D eigenvalue weighted by Crippen LogP contribution is -2.47. The summed E-state index contributed by atoms with van der Waals surface area (Å²) in [4.78, 5) is 15.9. The van der Waals surface area contributed by atoms with E-state index in [9.17, 15) is 26.4 Å². The second kappa shape index (κ2) is 9.09. The van der Waals surface area contributed by atoms with Crippen LogP contribution in [0.4, 0.5) is 13.2 Å². The van der Waals surface area contributed by atoms with E-state index in [1.54, 1.807) is 0 Å². The molecule has 0 radical (unpaired) electrons. The summed E-state index contributed by atoms with van der Waals surface area (Å²) in [5.74, 6) is 0.322. The summed E-state index contributed by atoms with van der Waals surface area (Å²) in [5.41, 5.74) is -5.26. The number of hydrogen-bond donors (Lipinski definition) is 3. The number of halogens is 3. The number of carbonyl (C=O) groups excluding carboxylic acids is 1. The van der Waals surface area contributed by atoms with E-state index >= 15 is 0 Å². The van der Waals surface area contributed by atoms with E-state index in [-0.39, 0.29) is 37.5 Å². The van der Waals surface area contributed by atoms with Crippen LogP contribution in [-0.2, 0) is 14.8 Å². The van der Waals surface area contributed by atoms with Crippen molar-refractivity contribution in [2.24, 2.45) is 10.9 Å². The monoisotopic (exact) mass is 413 g/mol.